The molecule has 1 aromatic rings. The van der Waals surface area contributed by atoms with Crippen LogP contribution in [-0.2, 0) is 14.3 Å². The number of hydrogen-bond donors (Lipinski definition) is 1. The van der Waals surface area contributed by atoms with Crippen molar-refractivity contribution >= 4 is 11.9 Å². The molecular formula is C22H29NO4. The van der Waals surface area contributed by atoms with E-state index < -0.39 is 12.1 Å². The predicted molar refractivity (Wildman–Crippen MR) is 101 cm³/mol. The predicted octanol–water partition coefficient (Wildman–Crippen LogP) is 3.47. The Morgan fingerprint density at radius 1 is 1.07 bits per heavy atom. The highest BCUT2D eigenvalue weighted by Crippen LogP contribution is 2.55. The molecule has 0 heterocycles. The summed E-state index contributed by atoms with van der Waals surface area (Å²) >= 11 is 0. The van der Waals surface area contributed by atoms with Gasteiger partial charge in [-0.1, -0.05) is 18.2 Å². The van der Waals surface area contributed by atoms with E-state index in [-0.39, 0.29) is 24.5 Å². The van der Waals surface area contributed by atoms with E-state index in [4.69, 9.17) is 9.47 Å². The van der Waals surface area contributed by atoms with E-state index in [1.807, 2.05) is 30.3 Å². The third-order valence-corrected chi connectivity index (χ3v) is 6.42. The average molecular weight is 371 g/mol. The molecule has 0 saturated heterocycles. The van der Waals surface area contributed by atoms with Crippen molar-refractivity contribution < 1.29 is 19.1 Å². The van der Waals surface area contributed by atoms with Crippen LogP contribution in [0.1, 0.15) is 51.9 Å². The molecule has 5 nitrogen and oxygen atoms in total. The first kappa shape index (κ1) is 18.3. The van der Waals surface area contributed by atoms with Gasteiger partial charge in [0.1, 0.15) is 5.75 Å². The van der Waals surface area contributed by atoms with Gasteiger partial charge in [0, 0.05) is 5.54 Å². The van der Waals surface area contributed by atoms with Crippen molar-refractivity contribution in [2.75, 3.05) is 6.61 Å². The number of nitrogens with one attached hydrogen (secondary N) is 1. The Hall–Kier alpha value is -2.04. The standard InChI is InChI=1S/C22H29NO4/c1-15(27-20(24)7-8-26-19-5-3-2-4-6-19)21(25)23-22-12-16-9-17(13-22)11-18(10-16)14-22/h2-6,15-18H,7-14H2,1H3,(H,23,25)/t15-,16?,17?,18?,22?/m1/s1. The zero-order valence-corrected chi connectivity index (χ0v) is 16.0. The summed E-state index contributed by atoms with van der Waals surface area (Å²) in [5.41, 5.74) is -0.0527. The fraction of sp³-hybridized carbons (Fsp3) is 0.636. The second-order valence-electron chi connectivity index (χ2n) is 8.73. The van der Waals surface area contributed by atoms with Gasteiger partial charge in [0.15, 0.2) is 6.10 Å². The Kier molecular flexibility index (Phi) is 5.11. The summed E-state index contributed by atoms with van der Waals surface area (Å²) in [5, 5.41) is 3.26. The van der Waals surface area contributed by atoms with Gasteiger partial charge in [-0.3, -0.25) is 9.59 Å². The first-order valence-electron chi connectivity index (χ1n) is 10.2. The minimum Gasteiger partial charge on any atom is -0.493 e. The third kappa shape index (κ3) is 4.28. The Labute approximate surface area is 160 Å². The van der Waals surface area contributed by atoms with Crippen molar-refractivity contribution in [1.29, 1.82) is 0 Å². The zero-order valence-electron chi connectivity index (χ0n) is 16.0. The highest BCUT2D eigenvalue weighted by atomic mass is 16.5. The van der Waals surface area contributed by atoms with Crippen molar-refractivity contribution in [3.05, 3.63) is 30.3 Å². The molecule has 0 unspecified atom stereocenters. The van der Waals surface area contributed by atoms with Crippen LogP contribution in [0.2, 0.25) is 0 Å². The normalized spacial score (nSPS) is 32.0. The van der Waals surface area contributed by atoms with Crippen LogP contribution in [0.25, 0.3) is 0 Å². The van der Waals surface area contributed by atoms with Crippen molar-refractivity contribution in [3.8, 4) is 5.75 Å². The Bertz CT molecular complexity index is 652. The minimum absolute atomic E-state index is 0.0527. The summed E-state index contributed by atoms with van der Waals surface area (Å²) < 4.78 is 10.8. The van der Waals surface area contributed by atoms with Crippen LogP contribution in [0.3, 0.4) is 0 Å². The Balaban J connectivity index is 1.23. The summed E-state index contributed by atoms with van der Waals surface area (Å²) in [6, 6.07) is 9.35. The second-order valence-corrected chi connectivity index (χ2v) is 8.73. The summed E-state index contributed by atoms with van der Waals surface area (Å²) in [7, 11) is 0. The Morgan fingerprint density at radius 2 is 1.67 bits per heavy atom. The molecule has 1 atom stereocenters. The minimum atomic E-state index is -0.762. The fourth-order valence-electron chi connectivity index (χ4n) is 5.71. The van der Waals surface area contributed by atoms with E-state index in [9.17, 15) is 9.59 Å². The molecule has 0 spiro atoms. The molecule has 4 bridgehead atoms. The highest BCUT2D eigenvalue weighted by molar-refractivity contribution is 5.84. The van der Waals surface area contributed by atoms with Crippen LogP contribution < -0.4 is 10.1 Å². The molecule has 4 saturated carbocycles. The van der Waals surface area contributed by atoms with E-state index in [0.29, 0.717) is 0 Å². The summed E-state index contributed by atoms with van der Waals surface area (Å²) in [6.45, 7) is 1.90. The molecule has 0 radical (unpaired) electrons. The molecule has 27 heavy (non-hydrogen) atoms. The molecular weight excluding hydrogens is 342 g/mol. The summed E-state index contributed by atoms with van der Waals surface area (Å²) in [5.74, 6) is 2.46. The van der Waals surface area contributed by atoms with E-state index in [1.165, 1.54) is 19.3 Å². The highest BCUT2D eigenvalue weighted by Gasteiger charge is 2.51. The second kappa shape index (κ2) is 7.53. The van der Waals surface area contributed by atoms with Gasteiger partial charge in [-0.15, -0.1) is 0 Å². The van der Waals surface area contributed by atoms with Crippen LogP contribution in [0, 0.1) is 17.8 Å². The van der Waals surface area contributed by atoms with Crippen LogP contribution in [0.5, 0.6) is 5.75 Å². The van der Waals surface area contributed by atoms with E-state index in [1.54, 1.807) is 6.92 Å². The number of carbonyl (C=O) groups is 2. The quantitative estimate of drug-likeness (QED) is 0.746. The van der Waals surface area contributed by atoms with E-state index in [2.05, 4.69) is 5.32 Å². The first-order valence-corrected chi connectivity index (χ1v) is 10.2. The Morgan fingerprint density at radius 3 is 2.26 bits per heavy atom. The molecule has 4 fully saturated rings. The maximum Gasteiger partial charge on any atom is 0.310 e. The molecule has 1 aromatic carbocycles. The van der Waals surface area contributed by atoms with Gasteiger partial charge < -0.3 is 14.8 Å². The van der Waals surface area contributed by atoms with Gasteiger partial charge in [0.05, 0.1) is 13.0 Å². The van der Waals surface area contributed by atoms with Gasteiger partial charge in [0.2, 0.25) is 0 Å². The zero-order chi connectivity index (χ0) is 18.9. The fourth-order valence-corrected chi connectivity index (χ4v) is 5.71. The van der Waals surface area contributed by atoms with Gasteiger partial charge in [-0.25, -0.2) is 0 Å². The largest absolute Gasteiger partial charge is 0.493 e. The summed E-state index contributed by atoms with van der Waals surface area (Å²) in [4.78, 5) is 24.7. The SMILES string of the molecule is C[C@@H](OC(=O)CCOc1ccccc1)C(=O)NC12CC3CC(CC(C3)C1)C2. The molecule has 4 aliphatic rings. The van der Waals surface area contributed by atoms with E-state index in [0.717, 1.165) is 42.8 Å². The number of ether oxygens (including phenoxy) is 2. The molecule has 1 amide bonds. The average Bonchev–Trinajstić information content (AvgIpc) is 2.61. The lowest BCUT2D eigenvalue weighted by atomic mass is 9.53. The number of esters is 1. The van der Waals surface area contributed by atoms with Crippen LogP contribution in [0.15, 0.2) is 30.3 Å². The van der Waals surface area contributed by atoms with E-state index >= 15 is 0 Å². The first-order chi connectivity index (χ1) is 13.0. The number of benzene rings is 1. The van der Waals surface area contributed by atoms with Crippen molar-refractivity contribution in [2.45, 2.75) is 63.5 Å². The molecule has 0 aromatic heterocycles. The van der Waals surface area contributed by atoms with Crippen molar-refractivity contribution in [1.82, 2.24) is 5.32 Å². The number of hydrogen-bond acceptors (Lipinski definition) is 4. The number of amides is 1. The lowest BCUT2D eigenvalue weighted by Gasteiger charge is -2.57. The maximum atomic E-state index is 12.6. The lowest BCUT2D eigenvalue weighted by molar-refractivity contribution is -0.157. The molecule has 4 aliphatic carbocycles. The topological polar surface area (TPSA) is 64.6 Å². The molecule has 146 valence electrons. The van der Waals surface area contributed by atoms with Gasteiger partial charge >= 0.3 is 5.97 Å². The van der Waals surface area contributed by atoms with Gasteiger partial charge in [-0.2, -0.15) is 0 Å². The molecule has 5 heteroatoms. The van der Waals surface area contributed by atoms with Crippen LogP contribution in [0.4, 0.5) is 0 Å². The molecule has 5 rings (SSSR count). The lowest BCUT2D eigenvalue weighted by Crippen LogP contribution is -2.61. The van der Waals surface area contributed by atoms with Crippen molar-refractivity contribution in [2.24, 2.45) is 17.8 Å². The third-order valence-electron chi connectivity index (χ3n) is 6.42. The number of carbonyl (C=O) groups excluding carboxylic acids is 2. The van der Waals surface area contributed by atoms with Gasteiger partial charge in [-0.05, 0) is 75.3 Å². The van der Waals surface area contributed by atoms with Crippen molar-refractivity contribution in [3.63, 3.8) is 0 Å². The molecule has 1 N–H and O–H groups in total. The van der Waals surface area contributed by atoms with Crippen LogP contribution in [-0.4, -0.2) is 30.1 Å². The molecule has 0 aliphatic heterocycles. The van der Waals surface area contributed by atoms with Crippen LogP contribution >= 0.6 is 0 Å². The smallest absolute Gasteiger partial charge is 0.310 e. The monoisotopic (exact) mass is 371 g/mol. The number of para-hydroxylation sites is 1. The summed E-state index contributed by atoms with van der Waals surface area (Å²) in [6.07, 6.45) is 6.65. The number of rotatable bonds is 7. The maximum absolute atomic E-state index is 12.6. The van der Waals surface area contributed by atoms with Gasteiger partial charge in [0.25, 0.3) is 5.91 Å².